The topological polar surface area (TPSA) is 110 Å². The maximum atomic E-state index is 10.2. The number of primary amides is 1. The molecular formula is C5H12N2O3. The van der Waals surface area contributed by atoms with E-state index < -0.39 is 18.1 Å². The summed E-state index contributed by atoms with van der Waals surface area (Å²) >= 11 is 0. The predicted molar refractivity (Wildman–Crippen MR) is 34.9 cm³/mol. The van der Waals surface area contributed by atoms with Crippen LogP contribution in [0.15, 0.2) is 0 Å². The third-order valence-corrected chi connectivity index (χ3v) is 1.12. The van der Waals surface area contributed by atoms with Crippen LogP contribution in [-0.4, -0.2) is 34.9 Å². The quantitative estimate of drug-likeness (QED) is 0.354. The summed E-state index contributed by atoms with van der Waals surface area (Å²) < 4.78 is 0. The second-order valence-corrected chi connectivity index (χ2v) is 1.99. The fourth-order valence-corrected chi connectivity index (χ4v) is 0.518. The lowest BCUT2D eigenvalue weighted by atomic mass is 10.1. The molecule has 0 spiro atoms. The van der Waals surface area contributed by atoms with Gasteiger partial charge in [0.05, 0.1) is 6.10 Å². The molecule has 1 amide bonds. The number of amides is 1. The molecule has 0 aromatic rings. The molecule has 0 bridgehead atoms. The van der Waals surface area contributed by atoms with Gasteiger partial charge in [-0.2, -0.15) is 0 Å². The van der Waals surface area contributed by atoms with Crippen LogP contribution < -0.4 is 11.5 Å². The summed E-state index contributed by atoms with van der Waals surface area (Å²) in [5.41, 5.74) is 9.72. The molecular weight excluding hydrogens is 136 g/mol. The van der Waals surface area contributed by atoms with Gasteiger partial charge in [0, 0.05) is 0 Å². The van der Waals surface area contributed by atoms with Gasteiger partial charge in [0.15, 0.2) is 6.10 Å². The van der Waals surface area contributed by atoms with E-state index in [1.54, 1.807) is 0 Å². The van der Waals surface area contributed by atoms with Crippen molar-refractivity contribution in [1.82, 2.24) is 0 Å². The van der Waals surface area contributed by atoms with Crippen LogP contribution in [0.4, 0.5) is 0 Å². The summed E-state index contributed by atoms with van der Waals surface area (Å²) in [5, 5.41) is 17.6. The summed E-state index contributed by atoms with van der Waals surface area (Å²) in [6.45, 7) is 0.214. The highest BCUT2D eigenvalue weighted by atomic mass is 16.3. The van der Waals surface area contributed by atoms with Crippen LogP contribution in [0, 0.1) is 0 Å². The normalized spacial score (nSPS) is 16.3. The zero-order valence-electron chi connectivity index (χ0n) is 5.53. The van der Waals surface area contributed by atoms with Gasteiger partial charge in [-0.15, -0.1) is 0 Å². The van der Waals surface area contributed by atoms with Gasteiger partial charge in [-0.25, -0.2) is 0 Å². The molecule has 0 saturated carbocycles. The Morgan fingerprint density at radius 2 is 2.00 bits per heavy atom. The first-order valence-corrected chi connectivity index (χ1v) is 2.95. The van der Waals surface area contributed by atoms with Gasteiger partial charge in [-0.1, -0.05) is 0 Å². The Kier molecular flexibility index (Phi) is 3.94. The Labute approximate surface area is 58.6 Å². The minimum atomic E-state index is -1.50. The molecule has 0 aromatic carbocycles. The molecule has 10 heavy (non-hydrogen) atoms. The van der Waals surface area contributed by atoms with E-state index in [0.29, 0.717) is 0 Å². The first kappa shape index (κ1) is 9.35. The summed E-state index contributed by atoms with van der Waals surface area (Å²) in [4.78, 5) is 10.2. The Hall–Kier alpha value is -0.650. The maximum Gasteiger partial charge on any atom is 0.248 e. The van der Waals surface area contributed by atoms with Crippen LogP contribution in [0.3, 0.4) is 0 Å². The van der Waals surface area contributed by atoms with Crippen LogP contribution in [-0.2, 0) is 4.79 Å². The molecule has 6 N–H and O–H groups in total. The van der Waals surface area contributed by atoms with Gasteiger partial charge in [0.1, 0.15) is 0 Å². The van der Waals surface area contributed by atoms with E-state index in [4.69, 9.17) is 15.9 Å². The monoisotopic (exact) mass is 148 g/mol. The molecule has 0 unspecified atom stereocenters. The van der Waals surface area contributed by atoms with Crippen LogP contribution in [0.1, 0.15) is 6.42 Å². The SMILES string of the molecule is NCC[C@H](O)[C@H](O)C(N)=O. The van der Waals surface area contributed by atoms with E-state index in [-0.39, 0.29) is 13.0 Å². The van der Waals surface area contributed by atoms with Crippen LogP contribution in [0.5, 0.6) is 0 Å². The Balaban J connectivity index is 3.69. The number of rotatable bonds is 4. The van der Waals surface area contributed by atoms with Crippen molar-refractivity contribution >= 4 is 5.91 Å². The largest absolute Gasteiger partial charge is 0.390 e. The second kappa shape index (κ2) is 4.21. The fraction of sp³-hybridized carbons (Fsp3) is 0.800. The zero-order chi connectivity index (χ0) is 8.15. The van der Waals surface area contributed by atoms with E-state index in [2.05, 4.69) is 5.73 Å². The van der Waals surface area contributed by atoms with E-state index in [0.717, 1.165) is 0 Å². The standard InChI is InChI=1S/C5H12N2O3/c6-2-1-3(8)4(9)5(7)10/h3-4,8-9H,1-2,6H2,(H2,7,10)/t3-,4-/m0/s1. The van der Waals surface area contributed by atoms with E-state index >= 15 is 0 Å². The third-order valence-electron chi connectivity index (χ3n) is 1.12. The summed E-state index contributed by atoms with van der Waals surface area (Å²) in [5.74, 6) is -0.930. The molecule has 0 saturated heterocycles. The molecule has 5 nitrogen and oxygen atoms in total. The number of hydrogen-bond donors (Lipinski definition) is 4. The molecule has 0 heterocycles. The number of carbonyl (C=O) groups excluding carboxylic acids is 1. The fourth-order valence-electron chi connectivity index (χ4n) is 0.518. The average Bonchev–Trinajstić information content (AvgIpc) is 1.87. The Morgan fingerprint density at radius 3 is 2.30 bits per heavy atom. The molecule has 0 aliphatic carbocycles. The van der Waals surface area contributed by atoms with Crippen LogP contribution >= 0.6 is 0 Å². The Bertz CT molecular complexity index is 117. The number of carbonyl (C=O) groups is 1. The van der Waals surface area contributed by atoms with Crippen molar-refractivity contribution in [1.29, 1.82) is 0 Å². The molecule has 5 heteroatoms. The Morgan fingerprint density at radius 1 is 1.50 bits per heavy atom. The molecule has 0 aromatic heterocycles. The van der Waals surface area contributed by atoms with Gasteiger partial charge in [0.25, 0.3) is 0 Å². The number of aliphatic hydroxyl groups excluding tert-OH is 2. The summed E-state index contributed by atoms with van der Waals surface area (Å²) in [6.07, 6.45) is -2.46. The van der Waals surface area contributed by atoms with E-state index in [1.165, 1.54) is 0 Å². The molecule has 0 aliphatic rings. The lowest BCUT2D eigenvalue weighted by Gasteiger charge is -2.12. The maximum absolute atomic E-state index is 10.2. The summed E-state index contributed by atoms with van der Waals surface area (Å²) in [6, 6.07) is 0. The smallest absolute Gasteiger partial charge is 0.248 e. The highest BCUT2D eigenvalue weighted by Crippen LogP contribution is 1.95. The molecule has 2 atom stereocenters. The highest BCUT2D eigenvalue weighted by Gasteiger charge is 2.20. The minimum absolute atomic E-state index is 0.171. The second-order valence-electron chi connectivity index (χ2n) is 1.99. The van der Waals surface area contributed by atoms with Crippen LogP contribution in [0.25, 0.3) is 0 Å². The molecule has 0 radical (unpaired) electrons. The van der Waals surface area contributed by atoms with Crippen LogP contribution in [0.2, 0.25) is 0 Å². The molecule has 60 valence electrons. The lowest BCUT2D eigenvalue weighted by Crippen LogP contribution is -2.39. The van der Waals surface area contributed by atoms with Gasteiger partial charge >= 0.3 is 0 Å². The van der Waals surface area contributed by atoms with E-state index in [1.807, 2.05) is 0 Å². The predicted octanol–water partition coefficient (Wildman–Crippen LogP) is -2.46. The van der Waals surface area contributed by atoms with Crippen molar-refractivity contribution in [2.75, 3.05) is 6.54 Å². The molecule has 0 aliphatic heterocycles. The van der Waals surface area contributed by atoms with Gasteiger partial charge in [-0.05, 0) is 13.0 Å². The van der Waals surface area contributed by atoms with Gasteiger partial charge in [0.2, 0.25) is 5.91 Å². The van der Waals surface area contributed by atoms with Crippen molar-refractivity contribution in [3.63, 3.8) is 0 Å². The van der Waals surface area contributed by atoms with E-state index in [9.17, 15) is 4.79 Å². The molecule has 0 rings (SSSR count). The first-order valence-electron chi connectivity index (χ1n) is 2.95. The number of hydrogen-bond acceptors (Lipinski definition) is 4. The molecule has 0 fully saturated rings. The summed E-state index contributed by atoms with van der Waals surface area (Å²) in [7, 11) is 0. The van der Waals surface area contributed by atoms with Crippen molar-refractivity contribution in [2.24, 2.45) is 11.5 Å². The third kappa shape index (κ3) is 2.77. The van der Waals surface area contributed by atoms with Crippen molar-refractivity contribution in [3.05, 3.63) is 0 Å². The first-order chi connectivity index (χ1) is 4.59. The van der Waals surface area contributed by atoms with Crippen molar-refractivity contribution in [2.45, 2.75) is 18.6 Å². The average molecular weight is 148 g/mol. The van der Waals surface area contributed by atoms with Crippen molar-refractivity contribution in [3.8, 4) is 0 Å². The number of aliphatic hydroxyl groups is 2. The lowest BCUT2D eigenvalue weighted by molar-refractivity contribution is -0.131. The minimum Gasteiger partial charge on any atom is -0.390 e. The van der Waals surface area contributed by atoms with Gasteiger partial charge < -0.3 is 21.7 Å². The number of nitrogens with two attached hydrogens (primary N) is 2. The van der Waals surface area contributed by atoms with Crippen molar-refractivity contribution < 1.29 is 15.0 Å². The zero-order valence-corrected chi connectivity index (χ0v) is 5.53. The highest BCUT2D eigenvalue weighted by molar-refractivity contribution is 5.79. The van der Waals surface area contributed by atoms with Gasteiger partial charge in [-0.3, -0.25) is 4.79 Å².